The molecule has 1 aliphatic heterocycles. The summed E-state index contributed by atoms with van der Waals surface area (Å²) in [6.07, 6.45) is 7.07. The van der Waals surface area contributed by atoms with Crippen molar-refractivity contribution in [1.82, 2.24) is 28.7 Å². The van der Waals surface area contributed by atoms with Crippen molar-refractivity contribution in [1.29, 1.82) is 0 Å². The van der Waals surface area contributed by atoms with Crippen LogP contribution in [0.2, 0.25) is 5.15 Å². The number of unbranched alkanes of at least 4 members (excludes halogenated alkanes) is 1. The normalized spacial score (nSPS) is 12.7. The third kappa shape index (κ3) is 10.5. The molecular formula is C63H69ClN8. The van der Waals surface area contributed by atoms with Crippen molar-refractivity contribution in [2.24, 2.45) is 17.0 Å². The number of halogens is 1. The molecule has 0 bridgehead atoms. The van der Waals surface area contributed by atoms with Gasteiger partial charge >= 0.3 is 0 Å². The molecule has 10 rings (SSSR count). The van der Waals surface area contributed by atoms with E-state index in [1.165, 1.54) is 50.0 Å². The van der Waals surface area contributed by atoms with Crippen LogP contribution in [0.15, 0.2) is 143 Å². The van der Waals surface area contributed by atoms with Gasteiger partial charge < -0.3 is 13.7 Å². The number of fused-ring (bicyclic) bond motifs is 2. The number of hydrogen-bond acceptors (Lipinski definition) is 5. The molecule has 9 heteroatoms. The van der Waals surface area contributed by atoms with Crippen molar-refractivity contribution in [3.05, 3.63) is 184 Å². The van der Waals surface area contributed by atoms with E-state index in [1.807, 2.05) is 12.3 Å². The zero-order valence-electron chi connectivity index (χ0n) is 43.9. The Morgan fingerprint density at radius 2 is 1.19 bits per heavy atom. The topological polar surface area (TPSA) is 78.2 Å². The van der Waals surface area contributed by atoms with E-state index in [0.29, 0.717) is 11.8 Å². The lowest BCUT2D eigenvalue weighted by molar-refractivity contribution is 0.521. The summed E-state index contributed by atoms with van der Waals surface area (Å²) in [7, 11) is 2.10. The highest BCUT2D eigenvalue weighted by molar-refractivity contribution is 6.40. The van der Waals surface area contributed by atoms with Gasteiger partial charge in [0.05, 0.1) is 33.5 Å². The number of benzene rings is 6. The van der Waals surface area contributed by atoms with Gasteiger partial charge in [-0.15, -0.1) is 0 Å². The lowest BCUT2D eigenvalue weighted by atomic mass is 9.82. The molecule has 0 amide bonds. The van der Waals surface area contributed by atoms with Gasteiger partial charge in [-0.25, -0.2) is 15.0 Å². The summed E-state index contributed by atoms with van der Waals surface area (Å²) in [5.74, 6) is 3.21. The Kier molecular flexibility index (Phi) is 14.6. The SMILES string of the molecule is CCCCc1nc(Cl)c(C(C)(C)C)n1Cc1ccc(-c2ccccc2C2=NCN=C2)cc1.CCCc1nc2c(C)cc(-c3nc4ccccc4n3C)cc2n1Cc1ccc(-c2ccccc2C(C)(C)C)cc1. The van der Waals surface area contributed by atoms with Crippen LogP contribution >= 0.6 is 11.6 Å². The first-order chi connectivity index (χ1) is 34.6. The van der Waals surface area contributed by atoms with Crippen LogP contribution in [0.5, 0.6) is 0 Å². The Morgan fingerprint density at radius 1 is 0.583 bits per heavy atom. The summed E-state index contributed by atoms with van der Waals surface area (Å²) in [4.78, 5) is 23.6. The van der Waals surface area contributed by atoms with Crippen molar-refractivity contribution in [2.75, 3.05) is 6.67 Å². The first kappa shape index (κ1) is 50.1. The van der Waals surface area contributed by atoms with Crippen molar-refractivity contribution >= 4 is 45.6 Å². The number of nitrogens with zero attached hydrogens (tertiary/aromatic N) is 8. The van der Waals surface area contributed by atoms with Crippen molar-refractivity contribution in [2.45, 2.75) is 118 Å². The molecule has 0 aliphatic carbocycles. The molecule has 0 saturated carbocycles. The number of aromatic nitrogens is 6. The van der Waals surface area contributed by atoms with Gasteiger partial charge in [0.2, 0.25) is 0 Å². The van der Waals surface area contributed by atoms with E-state index in [-0.39, 0.29) is 10.8 Å². The summed E-state index contributed by atoms with van der Waals surface area (Å²) in [6.45, 7) is 22.1. The van der Waals surface area contributed by atoms with Crippen molar-refractivity contribution in [3.63, 3.8) is 0 Å². The Morgan fingerprint density at radius 3 is 1.82 bits per heavy atom. The molecular weight excluding hydrogens is 904 g/mol. The molecule has 72 heavy (non-hydrogen) atoms. The Bertz CT molecular complexity index is 3420. The molecule has 0 N–H and O–H groups in total. The van der Waals surface area contributed by atoms with E-state index < -0.39 is 0 Å². The first-order valence-corrected chi connectivity index (χ1v) is 26.1. The number of imidazole rings is 3. The quantitative estimate of drug-likeness (QED) is 0.115. The van der Waals surface area contributed by atoms with Gasteiger partial charge in [0, 0.05) is 55.7 Å². The summed E-state index contributed by atoms with van der Waals surface area (Å²) in [5.41, 5.74) is 18.8. The second kappa shape index (κ2) is 21.1. The van der Waals surface area contributed by atoms with Gasteiger partial charge in [-0.1, -0.05) is 183 Å². The van der Waals surface area contributed by atoms with Crippen molar-refractivity contribution < 1.29 is 0 Å². The Balaban J connectivity index is 0.000000182. The maximum absolute atomic E-state index is 6.61. The van der Waals surface area contributed by atoms with E-state index in [1.54, 1.807) is 0 Å². The molecule has 0 spiro atoms. The van der Waals surface area contributed by atoms with E-state index in [9.17, 15) is 0 Å². The van der Waals surface area contributed by atoms with Gasteiger partial charge in [0.15, 0.2) is 5.15 Å². The van der Waals surface area contributed by atoms with Gasteiger partial charge in [-0.2, -0.15) is 0 Å². The predicted octanol–water partition coefficient (Wildman–Crippen LogP) is 15.6. The highest BCUT2D eigenvalue weighted by Crippen LogP contribution is 2.36. The smallest absolute Gasteiger partial charge is 0.151 e. The number of para-hydroxylation sites is 2. The van der Waals surface area contributed by atoms with Crippen LogP contribution in [-0.4, -0.2) is 47.2 Å². The standard InChI is InChI=1S/C36H38N4.C27H31ClN4/c1-7-12-33-38-34-24(2)21-27(35-37-30-15-10-11-16-31(30)39(35)6)22-32(34)40(33)23-25-17-19-26(20-18-25)28-13-8-9-14-29(28)36(3,4)5;1-5-6-11-24-31-26(28)25(27(2,3)4)32(24)17-19-12-14-20(15-13-19)21-9-7-8-10-22(21)23-16-29-18-30-23/h8-11,13-22H,7,12,23H2,1-6H3;7-10,12-16H,5-6,11,17-18H2,1-4H3. The Hall–Kier alpha value is -6.90. The monoisotopic (exact) mass is 973 g/mol. The minimum atomic E-state index is -0.0724. The number of aliphatic imine (C=N–C) groups is 2. The van der Waals surface area contributed by atoms with Crippen LogP contribution in [0.25, 0.3) is 55.7 Å². The largest absolute Gasteiger partial charge is 0.327 e. The second-order valence-corrected chi connectivity index (χ2v) is 21.7. The van der Waals surface area contributed by atoms with Crippen LogP contribution in [-0.2, 0) is 43.8 Å². The maximum atomic E-state index is 6.61. The molecule has 9 aromatic rings. The maximum Gasteiger partial charge on any atom is 0.151 e. The summed E-state index contributed by atoms with van der Waals surface area (Å²) < 4.78 is 6.93. The van der Waals surface area contributed by atoms with Crippen LogP contribution in [0.4, 0.5) is 0 Å². The number of rotatable bonds is 13. The molecule has 0 radical (unpaired) electrons. The lowest BCUT2D eigenvalue weighted by Crippen LogP contribution is -2.20. The number of hydrogen-bond donors (Lipinski definition) is 0. The van der Waals surface area contributed by atoms with Crippen LogP contribution in [0.3, 0.4) is 0 Å². The molecule has 368 valence electrons. The second-order valence-electron chi connectivity index (χ2n) is 21.3. The van der Waals surface area contributed by atoms with Crippen LogP contribution in [0.1, 0.15) is 120 Å². The minimum absolute atomic E-state index is 0.0724. The van der Waals surface area contributed by atoms with Gasteiger partial charge in [-0.3, -0.25) is 9.98 Å². The third-order valence-electron chi connectivity index (χ3n) is 13.8. The average molecular weight is 974 g/mol. The van der Waals surface area contributed by atoms with Crippen LogP contribution < -0.4 is 0 Å². The van der Waals surface area contributed by atoms with Gasteiger partial charge in [0.1, 0.15) is 24.1 Å². The zero-order chi connectivity index (χ0) is 50.7. The highest BCUT2D eigenvalue weighted by atomic mass is 35.5. The van der Waals surface area contributed by atoms with Crippen LogP contribution in [0, 0.1) is 6.92 Å². The van der Waals surface area contributed by atoms with Gasteiger partial charge in [-0.05, 0) is 94.0 Å². The predicted molar refractivity (Wildman–Crippen MR) is 303 cm³/mol. The molecule has 0 saturated heterocycles. The van der Waals surface area contributed by atoms with E-state index in [2.05, 4.69) is 220 Å². The molecule has 3 aromatic heterocycles. The van der Waals surface area contributed by atoms with Crippen molar-refractivity contribution in [3.8, 4) is 33.6 Å². The average Bonchev–Trinajstić information content (AvgIpc) is 4.17. The molecule has 0 unspecified atom stereocenters. The fourth-order valence-corrected chi connectivity index (χ4v) is 10.7. The van der Waals surface area contributed by atoms with E-state index in [4.69, 9.17) is 26.6 Å². The zero-order valence-corrected chi connectivity index (χ0v) is 44.6. The fraction of sp³-hybridized carbons (Fsp3) is 0.317. The molecule has 1 aliphatic rings. The summed E-state index contributed by atoms with van der Waals surface area (Å²) in [5, 5.41) is 0.633. The van der Waals surface area contributed by atoms with E-state index >= 15 is 0 Å². The Labute approximate surface area is 431 Å². The minimum Gasteiger partial charge on any atom is -0.327 e. The molecule has 0 fully saturated rings. The summed E-state index contributed by atoms with van der Waals surface area (Å²) >= 11 is 6.61. The lowest BCUT2D eigenvalue weighted by Gasteiger charge is -2.23. The molecule has 0 atom stereocenters. The highest BCUT2D eigenvalue weighted by Gasteiger charge is 2.27. The molecule has 4 heterocycles. The first-order valence-electron chi connectivity index (χ1n) is 25.7. The third-order valence-corrected chi connectivity index (χ3v) is 14.1. The van der Waals surface area contributed by atoms with E-state index in [0.717, 1.165) is 102 Å². The fourth-order valence-electron chi connectivity index (χ4n) is 10.2. The molecule has 6 aromatic carbocycles. The summed E-state index contributed by atoms with van der Waals surface area (Å²) in [6, 6.07) is 47.9. The molecule has 8 nitrogen and oxygen atoms in total. The van der Waals surface area contributed by atoms with Gasteiger partial charge in [0.25, 0.3) is 0 Å². The number of aryl methyl sites for hydroxylation is 4.